The summed E-state index contributed by atoms with van der Waals surface area (Å²) in [6.07, 6.45) is 4.95. The molecule has 0 heterocycles. The molecule has 0 N–H and O–H groups in total. The zero-order chi connectivity index (χ0) is 12.3. The van der Waals surface area contributed by atoms with Gasteiger partial charge in [-0.05, 0) is 57.1 Å². The van der Waals surface area contributed by atoms with Crippen molar-refractivity contribution in [2.45, 2.75) is 51.0 Å². The molecule has 2 heteroatoms. The van der Waals surface area contributed by atoms with Crippen molar-refractivity contribution in [3.05, 3.63) is 29.8 Å². The fraction of sp³-hybridized carbons (Fsp3) is 0.600. The maximum absolute atomic E-state index is 6.35. The van der Waals surface area contributed by atoms with E-state index >= 15 is 0 Å². The van der Waals surface area contributed by atoms with Crippen molar-refractivity contribution in [2.24, 2.45) is 5.92 Å². The Balaban J connectivity index is 1.93. The second-order valence-electron chi connectivity index (χ2n) is 5.17. The summed E-state index contributed by atoms with van der Waals surface area (Å²) in [4.78, 5) is 0. The standard InChI is InChI=1S/C15H21ClO/c1-11(2)17-15-6-4-3-5-13(15)9-10-14(16)12-7-8-12/h3-6,11-12,14H,7-10H2,1-2H3. The molecule has 2 rings (SSSR count). The van der Waals surface area contributed by atoms with E-state index in [1.807, 2.05) is 6.07 Å². The number of alkyl halides is 1. The largest absolute Gasteiger partial charge is 0.491 e. The Hall–Kier alpha value is -0.690. The van der Waals surface area contributed by atoms with Crippen molar-refractivity contribution in [2.75, 3.05) is 0 Å². The lowest BCUT2D eigenvalue weighted by Gasteiger charge is -2.15. The summed E-state index contributed by atoms with van der Waals surface area (Å²) in [6, 6.07) is 8.30. The van der Waals surface area contributed by atoms with Crippen molar-refractivity contribution in [3.8, 4) is 5.75 Å². The Morgan fingerprint density at radius 1 is 1.29 bits per heavy atom. The molecule has 1 saturated carbocycles. The fourth-order valence-corrected chi connectivity index (χ4v) is 2.43. The molecule has 1 aromatic rings. The summed E-state index contributed by atoms with van der Waals surface area (Å²) in [5, 5.41) is 0.349. The molecule has 0 saturated heterocycles. The van der Waals surface area contributed by atoms with E-state index in [2.05, 4.69) is 32.0 Å². The molecule has 1 nitrogen and oxygen atoms in total. The smallest absolute Gasteiger partial charge is 0.122 e. The number of hydrogen-bond donors (Lipinski definition) is 0. The third-order valence-electron chi connectivity index (χ3n) is 3.16. The summed E-state index contributed by atoms with van der Waals surface area (Å²) in [5.74, 6) is 1.79. The number of rotatable bonds is 6. The van der Waals surface area contributed by atoms with Gasteiger partial charge in [-0.25, -0.2) is 0 Å². The summed E-state index contributed by atoms with van der Waals surface area (Å²) in [6.45, 7) is 4.12. The van der Waals surface area contributed by atoms with Crippen LogP contribution >= 0.6 is 11.6 Å². The molecule has 0 radical (unpaired) electrons. The van der Waals surface area contributed by atoms with Crippen molar-refractivity contribution in [1.29, 1.82) is 0 Å². The van der Waals surface area contributed by atoms with E-state index in [9.17, 15) is 0 Å². The topological polar surface area (TPSA) is 9.23 Å². The molecule has 94 valence electrons. The number of benzene rings is 1. The molecule has 0 bridgehead atoms. The second kappa shape index (κ2) is 5.77. The summed E-state index contributed by atoms with van der Waals surface area (Å²) < 4.78 is 5.81. The third kappa shape index (κ3) is 3.92. The van der Waals surface area contributed by atoms with Crippen molar-refractivity contribution >= 4 is 11.6 Å². The molecule has 1 atom stereocenters. The van der Waals surface area contributed by atoms with E-state index in [-0.39, 0.29) is 6.10 Å². The van der Waals surface area contributed by atoms with Crippen LogP contribution in [0.5, 0.6) is 5.75 Å². The lowest BCUT2D eigenvalue weighted by molar-refractivity contribution is 0.240. The Labute approximate surface area is 109 Å². The Morgan fingerprint density at radius 3 is 2.65 bits per heavy atom. The SMILES string of the molecule is CC(C)Oc1ccccc1CCC(Cl)C1CC1. The van der Waals surface area contributed by atoms with Crippen LogP contribution in [0.3, 0.4) is 0 Å². The van der Waals surface area contributed by atoms with Crippen molar-refractivity contribution < 1.29 is 4.74 Å². The van der Waals surface area contributed by atoms with Crippen LogP contribution in [0.15, 0.2) is 24.3 Å². The van der Waals surface area contributed by atoms with Gasteiger partial charge in [-0.2, -0.15) is 0 Å². The molecular formula is C15H21ClO. The van der Waals surface area contributed by atoms with Crippen LogP contribution in [0.4, 0.5) is 0 Å². The van der Waals surface area contributed by atoms with Gasteiger partial charge in [-0.1, -0.05) is 18.2 Å². The number of ether oxygens (including phenoxy) is 1. The molecule has 17 heavy (non-hydrogen) atoms. The molecule has 0 amide bonds. The molecule has 1 aromatic carbocycles. The van der Waals surface area contributed by atoms with Gasteiger partial charge in [0.1, 0.15) is 5.75 Å². The van der Waals surface area contributed by atoms with Crippen LogP contribution in [0.1, 0.15) is 38.7 Å². The highest BCUT2D eigenvalue weighted by Crippen LogP contribution is 2.38. The van der Waals surface area contributed by atoms with Gasteiger partial charge in [0.2, 0.25) is 0 Å². The highest BCUT2D eigenvalue weighted by atomic mass is 35.5. The van der Waals surface area contributed by atoms with Crippen LogP contribution in [0.2, 0.25) is 0 Å². The van der Waals surface area contributed by atoms with Crippen LogP contribution in [-0.2, 0) is 6.42 Å². The van der Waals surface area contributed by atoms with E-state index in [0.29, 0.717) is 5.38 Å². The van der Waals surface area contributed by atoms with Crippen LogP contribution < -0.4 is 4.74 Å². The van der Waals surface area contributed by atoms with Gasteiger partial charge < -0.3 is 4.74 Å². The van der Waals surface area contributed by atoms with Gasteiger partial charge in [0.15, 0.2) is 0 Å². The minimum atomic E-state index is 0.228. The molecule has 1 aliphatic rings. The molecule has 0 aliphatic heterocycles. The minimum absolute atomic E-state index is 0.228. The summed E-state index contributed by atoms with van der Waals surface area (Å²) in [7, 11) is 0. The number of aryl methyl sites for hydroxylation is 1. The zero-order valence-electron chi connectivity index (χ0n) is 10.7. The van der Waals surface area contributed by atoms with Gasteiger partial charge in [0, 0.05) is 5.38 Å². The quantitative estimate of drug-likeness (QED) is 0.681. The maximum Gasteiger partial charge on any atom is 0.122 e. The Bertz CT molecular complexity index is 358. The average Bonchev–Trinajstić information content (AvgIpc) is 3.10. The first kappa shape index (κ1) is 12.8. The van der Waals surface area contributed by atoms with Gasteiger partial charge in [-0.3, -0.25) is 0 Å². The van der Waals surface area contributed by atoms with E-state index in [1.165, 1.54) is 18.4 Å². The number of halogens is 1. The first-order valence-electron chi connectivity index (χ1n) is 6.55. The zero-order valence-corrected chi connectivity index (χ0v) is 11.4. The van der Waals surface area contributed by atoms with Crippen LogP contribution in [0.25, 0.3) is 0 Å². The Morgan fingerprint density at radius 2 is 2.00 bits per heavy atom. The minimum Gasteiger partial charge on any atom is -0.491 e. The molecule has 1 aliphatic carbocycles. The molecule has 1 unspecified atom stereocenters. The van der Waals surface area contributed by atoms with Gasteiger partial charge in [-0.15, -0.1) is 11.6 Å². The monoisotopic (exact) mass is 252 g/mol. The van der Waals surface area contributed by atoms with E-state index in [0.717, 1.165) is 24.5 Å². The van der Waals surface area contributed by atoms with Crippen molar-refractivity contribution in [3.63, 3.8) is 0 Å². The first-order chi connectivity index (χ1) is 8.16. The number of hydrogen-bond acceptors (Lipinski definition) is 1. The molecular weight excluding hydrogens is 232 g/mol. The van der Waals surface area contributed by atoms with E-state index in [1.54, 1.807) is 0 Å². The summed E-state index contributed by atoms with van der Waals surface area (Å²) in [5.41, 5.74) is 1.28. The molecule has 0 aromatic heterocycles. The Kier molecular flexibility index (Phi) is 4.33. The predicted octanol–water partition coefficient (Wildman–Crippen LogP) is 4.42. The molecule has 0 spiro atoms. The lowest BCUT2D eigenvalue weighted by Crippen LogP contribution is -2.09. The number of para-hydroxylation sites is 1. The summed E-state index contributed by atoms with van der Waals surface area (Å²) >= 11 is 6.35. The second-order valence-corrected chi connectivity index (χ2v) is 5.73. The van der Waals surface area contributed by atoms with E-state index < -0.39 is 0 Å². The molecule has 1 fully saturated rings. The third-order valence-corrected chi connectivity index (χ3v) is 3.73. The van der Waals surface area contributed by atoms with Crippen LogP contribution in [-0.4, -0.2) is 11.5 Å². The normalized spacial score (nSPS) is 17.2. The predicted molar refractivity (Wildman–Crippen MR) is 72.9 cm³/mol. The van der Waals surface area contributed by atoms with Gasteiger partial charge in [0.05, 0.1) is 6.10 Å². The lowest BCUT2D eigenvalue weighted by atomic mass is 10.1. The maximum atomic E-state index is 6.35. The van der Waals surface area contributed by atoms with Gasteiger partial charge >= 0.3 is 0 Å². The van der Waals surface area contributed by atoms with E-state index in [4.69, 9.17) is 16.3 Å². The highest BCUT2D eigenvalue weighted by Gasteiger charge is 2.29. The fourth-order valence-electron chi connectivity index (χ4n) is 2.07. The van der Waals surface area contributed by atoms with Crippen molar-refractivity contribution in [1.82, 2.24) is 0 Å². The van der Waals surface area contributed by atoms with Gasteiger partial charge in [0.25, 0.3) is 0 Å². The highest BCUT2D eigenvalue weighted by molar-refractivity contribution is 6.20. The van der Waals surface area contributed by atoms with Crippen LogP contribution in [0, 0.1) is 5.92 Å². The average molecular weight is 253 g/mol. The first-order valence-corrected chi connectivity index (χ1v) is 6.99.